The van der Waals surface area contributed by atoms with E-state index >= 15 is 0 Å². The van der Waals surface area contributed by atoms with Crippen molar-refractivity contribution in [1.29, 1.82) is 0 Å². The molecule has 1 aliphatic rings. The van der Waals surface area contributed by atoms with Gasteiger partial charge < -0.3 is 10.4 Å². The Kier molecular flexibility index (Phi) is 4.29. The molecule has 1 aromatic carbocycles. The molecule has 122 valence electrons. The third-order valence-electron chi connectivity index (χ3n) is 4.39. The Morgan fingerprint density at radius 2 is 2.22 bits per heavy atom. The van der Waals surface area contributed by atoms with Crippen LogP contribution in [0.5, 0.6) is 0 Å². The summed E-state index contributed by atoms with van der Waals surface area (Å²) in [4.78, 5) is 12.4. The second kappa shape index (κ2) is 6.09. The molecular formula is C17H20BrN3O2. The molecule has 1 aliphatic carbocycles. The summed E-state index contributed by atoms with van der Waals surface area (Å²) in [6, 6.07) is 7.83. The average molecular weight is 378 g/mol. The number of amides is 1. The van der Waals surface area contributed by atoms with Gasteiger partial charge in [-0.15, -0.1) is 0 Å². The summed E-state index contributed by atoms with van der Waals surface area (Å²) >= 11 is 3.43. The van der Waals surface area contributed by atoms with Crippen LogP contribution in [0.2, 0.25) is 0 Å². The number of H-pyrrole nitrogens is 1. The highest BCUT2D eigenvalue weighted by molar-refractivity contribution is 9.10. The van der Waals surface area contributed by atoms with E-state index in [0.29, 0.717) is 16.6 Å². The van der Waals surface area contributed by atoms with Crippen LogP contribution >= 0.6 is 15.9 Å². The summed E-state index contributed by atoms with van der Waals surface area (Å²) in [6.07, 6.45) is 1.44. The van der Waals surface area contributed by atoms with Gasteiger partial charge in [-0.05, 0) is 45.8 Å². The summed E-state index contributed by atoms with van der Waals surface area (Å²) < 4.78 is 0.684. The van der Waals surface area contributed by atoms with Crippen molar-refractivity contribution >= 4 is 21.8 Å². The van der Waals surface area contributed by atoms with E-state index in [-0.39, 0.29) is 18.4 Å². The van der Waals surface area contributed by atoms with Gasteiger partial charge in [-0.25, -0.2) is 0 Å². The highest BCUT2D eigenvalue weighted by atomic mass is 79.9. The Bertz CT molecular complexity index is 741. The van der Waals surface area contributed by atoms with Crippen LogP contribution in [0.1, 0.15) is 53.5 Å². The second-order valence-corrected chi connectivity index (χ2v) is 7.12. The van der Waals surface area contributed by atoms with E-state index in [2.05, 4.69) is 31.4 Å². The van der Waals surface area contributed by atoms with E-state index in [4.69, 9.17) is 0 Å². The van der Waals surface area contributed by atoms with Gasteiger partial charge in [0.2, 0.25) is 0 Å². The SMILES string of the molecule is CC(C)c1[nH]nc(C(=O)NCC2(O)CCc3ccccc32)c1Br. The molecule has 1 unspecified atom stereocenters. The van der Waals surface area contributed by atoms with Crippen molar-refractivity contribution in [1.82, 2.24) is 15.5 Å². The maximum Gasteiger partial charge on any atom is 0.273 e. The fourth-order valence-electron chi connectivity index (χ4n) is 3.04. The molecule has 0 spiro atoms. The number of carbonyl (C=O) groups is 1. The van der Waals surface area contributed by atoms with Crippen LogP contribution in [0.3, 0.4) is 0 Å². The number of carbonyl (C=O) groups excluding carboxylic acids is 1. The number of aliphatic hydroxyl groups is 1. The van der Waals surface area contributed by atoms with Crippen LogP contribution in [0.4, 0.5) is 0 Å². The summed E-state index contributed by atoms with van der Waals surface area (Å²) in [5, 5.41) is 20.6. The number of rotatable bonds is 4. The fraction of sp³-hybridized carbons (Fsp3) is 0.412. The lowest BCUT2D eigenvalue weighted by Gasteiger charge is -2.24. The lowest BCUT2D eigenvalue weighted by Crippen LogP contribution is -2.39. The summed E-state index contributed by atoms with van der Waals surface area (Å²) in [7, 11) is 0. The Balaban J connectivity index is 1.73. The molecule has 1 aromatic heterocycles. The van der Waals surface area contributed by atoms with Gasteiger partial charge in [0.05, 0.1) is 16.7 Å². The van der Waals surface area contributed by atoms with Crippen molar-refractivity contribution in [3.8, 4) is 0 Å². The highest BCUT2D eigenvalue weighted by Crippen LogP contribution is 2.36. The molecule has 1 amide bonds. The van der Waals surface area contributed by atoms with Crippen LogP contribution < -0.4 is 5.32 Å². The lowest BCUT2D eigenvalue weighted by atomic mass is 9.96. The maximum atomic E-state index is 12.4. The first-order chi connectivity index (χ1) is 10.9. The average Bonchev–Trinajstić information content (AvgIpc) is 3.07. The van der Waals surface area contributed by atoms with Gasteiger partial charge in [0.15, 0.2) is 5.69 Å². The number of hydrogen-bond donors (Lipinski definition) is 3. The second-order valence-electron chi connectivity index (χ2n) is 6.33. The topological polar surface area (TPSA) is 78.0 Å². The number of halogens is 1. The largest absolute Gasteiger partial charge is 0.383 e. The van der Waals surface area contributed by atoms with E-state index in [1.54, 1.807) is 0 Å². The monoisotopic (exact) mass is 377 g/mol. The quantitative estimate of drug-likeness (QED) is 0.766. The number of hydrogen-bond acceptors (Lipinski definition) is 3. The molecule has 3 N–H and O–H groups in total. The standard InChI is InChI=1S/C17H20BrN3O2/c1-10(2)14-13(18)15(21-20-14)16(22)19-9-17(23)8-7-11-5-3-4-6-12(11)17/h3-6,10,23H,7-9H2,1-2H3,(H,19,22)(H,20,21). The van der Waals surface area contributed by atoms with E-state index < -0.39 is 5.60 Å². The molecule has 5 nitrogen and oxygen atoms in total. The van der Waals surface area contributed by atoms with Gasteiger partial charge in [0.1, 0.15) is 5.60 Å². The zero-order valence-corrected chi connectivity index (χ0v) is 14.8. The molecular weight excluding hydrogens is 358 g/mol. The zero-order valence-electron chi connectivity index (χ0n) is 13.2. The maximum absolute atomic E-state index is 12.4. The number of fused-ring (bicyclic) bond motifs is 1. The minimum Gasteiger partial charge on any atom is -0.383 e. The molecule has 2 aromatic rings. The molecule has 0 saturated heterocycles. The number of aromatic nitrogens is 2. The summed E-state index contributed by atoms with van der Waals surface area (Å²) in [5.41, 5.74) is 2.26. The van der Waals surface area contributed by atoms with Crippen LogP contribution in [-0.4, -0.2) is 27.8 Å². The Labute approximate surface area is 143 Å². The van der Waals surface area contributed by atoms with Crippen LogP contribution in [0, 0.1) is 0 Å². The van der Waals surface area contributed by atoms with Crippen molar-refractivity contribution in [2.45, 2.75) is 38.2 Å². The predicted octanol–water partition coefficient (Wildman–Crippen LogP) is 2.86. The first-order valence-electron chi connectivity index (χ1n) is 7.75. The van der Waals surface area contributed by atoms with E-state index in [9.17, 15) is 9.90 Å². The van der Waals surface area contributed by atoms with Crippen LogP contribution in [0.15, 0.2) is 28.7 Å². The number of nitrogens with zero attached hydrogens (tertiary/aromatic N) is 1. The third-order valence-corrected chi connectivity index (χ3v) is 5.20. The van der Waals surface area contributed by atoms with Gasteiger partial charge in [-0.1, -0.05) is 38.1 Å². The van der Waals surface area contributed by atoms with Crippen molar-refractivity contribution < 1.29 is 9.90 Å². The van der Waals surface area contributed by atoms with Crippen molar-refractivity contribution in [3.63, 3.8) is 0 Å². The zero-order chi connectivity index (χ0) is 16.6. The number of benzene rings is 1. The van der Waals surface area contributed by atoms with Gasteiger partial charge in [-0.2, -0.15) is 5.10 Å². The predicted molar refractivity (Wildman–Crippen MR) is 91.4 cm³/mol. The first kappa shape index (κ1) is 16.2. The molecule has 1 heterocycles. The number of aromatic amines is 1. The van der Waals surface area contributed by atoms with Gasteiger partial charge in [0.25, 0.3) is 5.91 Å². The van der Waals surface area contributed by atoms with Crippen molar-refractivity contribution in [3.05, 3.63) is 51.3 Å². The van der Waals surface area contributed by atoms with E-state index in [0.717, 1.165) is 23.2 Å². The minimum absolute atomic E-state index is 0.180. The molecule has 23 heavy (non-hydrogen) atoms. The van der Waals surface area contributed by atoms with Crippen LogP contribution in [0.25, 0.3) is 0 Å². The van der Waals surface area contributed by atoms with E-state index in [1.807, 2.05) is 38.1 Å². The molecule has 0 fully saturated rings. The van der Waals surface area contributed by atoms with Gasteiger partial charge in [0, 0.05) is 0 Å². The fourth-order valence-corrected chi connectivity index (χ4v) is 3.85. The molecule has 6 heteroatoms. The molecule has 0 saturated carbocycles. The Morgan fingerprint density at radius 3 is 2.91 bits per heavy atom. The van der Waals surface area contributed by atoms with Crippen molar-refractivity contribution in [2.75, 3.05) is 6.54 Å². The Hall–Kier alpha value is -1.66. The molecule has 3 rings (SSSR count). The molecule has 0 radical (unpaired) electrons. The first-order valence-corrected chi connectivity index (χ1v) is 8.54. The highest BCUT2D eigenvalue weighted by Gasteiger charge is 2.37. The smallest absolute Gasteiger partial charge is 0.273 e. The van der Waals surface area contributed by atoms with E-state index in [1.165, 1.54) is 0 Å². The summed E-state index contributed by atoms with van der Waals surface area (Å²) in [6.45, 7) is 4.23. The molecule has 1 atom stereocenters. The minimum atomic E-state index is -1.00. The Morgan fingerprint density at radius 1 is 1.48 bits per heavy atom. The van der Waals surface area contributed by atoms with Crippen LogP contribution in [-0.2, 0) is 12.0 Å². The number of aryl methyl sites for hydroxylation is 1. The molecule has 0 bridgehead atoms. The van der Waals surface area contributed by atoms with Gasteiger partial charge in [-0.3, -0.25) is 9.89 Å². The van der Waals surface area contributed by atoms with Gasteiger partial charge >= 0.3 is 0 Å². The van der Waals surface area contributed by atoms with Crippen molar-refractivity contribution in [2.24, 2.45) is 0 Å². The summed E-state index contributed by atoms with van der Waals surface area (Å²) in [5.74, 6) is -0.0536. The molecule has 0 aliphatic heterocycles. The lowest BCUT2D eigenvalue weighted by molar-refractivity contribution is 0.0368. The third kappa shape index (κ3) is 2.93. The normalized spacial score (nSPS) is 19.9. The number of nitrogens with one attached hydrogen (secondary N) is 2.